The van der Waals surface area contributed by atoms with Crippen LogP contribution in [0.2, 0.25) is 0 Å². The van der Waals surface area contributed by atoms with Gasteiger partial charge in [-0.25, -0.2) is 9.78 Å². The number of aromatic hydroxyl groups is 1. The lowest BCUT2D eigenvalue weighted by Gasteiger charge is -2.24. The molecular weight excluding hydrogens is 520 g/mol. The highest BCUT2D eigenvalue weighted by atomic mass is 16.4. The summed E-state index contributed by atoms with van der Waals surface area (Å²) in [6.07, 6.45) is 0.705. The van der Waals surface area contributed by atoms with Gasteiger partial charge in [0.25, 0.3) is 0 Å². The number of carbonyl (C=O) groups is 6. The molecule has 39 heavy (non-hydrogen) atoms. The quantitative estimate of drug-likeness (QED) is 0.114. The fourth-order valence-corrected chi connectivity index (χ4v) is 3.38. The molecule has 1 aromatic heterocycles. The molecule has 0 spiro atoms. The number of phenolic OH excluding ortho intramolecular Hbond substituents is 1. The average molecular weight is 549 g/mol. The van der Waals surface area contributed by atoms with Crippen LogP contribution >= 0.6 is 0 Å². The molecule has 0 aliphatic heterocycles. The number of hydrogen-bond donors (Lipinski definition) is 9. The summed E-state index contributed by atoms with van der Waals surface area (Å²) in [5.74, 6) is -7.72. The zero-order valence-corrected chi connectivity index (χ0v) is 20.4. The van der Waals surface area contributed by atoms with E-state index in [2.05, 4.69) is 20.6 Å². The molecule has 3 amide bonds. The van der Waals surface area contributed by atoms with Crippen LogP contribution in [0.15, 0.2) is 36.8 Å². The van der Waals surface area contributed by atoms with E-state index in [9.17, 15) is 44.1 Å². The minimum atomic E-state index is -1.83. The first-order chi connectivity index (χ1) is 18.3. The Balaban J connectivity index is 2.23. The summed E-state index contributed by atoms with van der Waals surface area (Å²) in [6, 6.07) is -0.785. The summed E-state index contributed by atoms with van der Waals surface area (Å²) in [4.78, 5) is 78.9. The molecule has 0 saturated heterocycles. The van der Waals surface area contributed by atoms with Gasteiger partial charge in [-0.15, -0.1) is 0 Å². The number of H-pyrrole nitrogens is 1. The third-order valence-corrected chi connectivity index (χ3v) is 5.35. The molecule has 4 atom stereocenters. The van der Waals surface area contributed by atoms with Gasteiger partial charge in [0.15, 0.2) is 0 Å². The molecule has 16 nitrogen and oxygen atoms in total. The van der Waals surface area contributed by atoms with Gasteiger partial charge < -0.3 is 47.1 Å². The number of aliphatic carboxylic acids is 3. The largest absolute Gasteiger partial charge is 0.508 e. The van der Waals surface area contributed by atoms with Gasteiger partial charge >= 0.3 is 17.9 Å². The number of amides is 3. The number of aromatic nitrogens is 2. The van der Waals surface area contributed by atoms with Crippen LogP contribution in [0, 0.1) is 0 Å². The first-order valence-corrected chi connectivity index (χ1v) is 11.4. The van der Waals surface area contributed by atoms with Crippen molar-refractivity contribution < 1.29 is 49.2 Å². The molecule has 0 bridgehead atoms. The van der Waals surface area contributed by atoms with E-state index >= 15 is 0 Å². The van der Waals surface area contributed by atoms with Crippen molar-refractivity contribution in [2.45, 2.75) is 49.9 Å². The maximum absolute atomic E-state index is 13.0. The average Bonchev–Trinajstić information content (AvgIpc) is 3.36. The predicted molar refractivity (Wildman–Crippen MR) is 130 cm³/mol. The van der Waals surface area contributed by atoms with E-state index in [1.165, 1.54) is 36.8 Å². The van der Waals surface area contributed by atoms with Gasteiger partial charge in [0, 0.05) is 24.7 Å². The summed E-state index contributed by atoms with van der Waals surface area (Å²) < 4.78 is 0. The first-order valence-electron chi connectivity index (χ1n) is 11.4. The fourth-order valence-electron chi connectivity index (χ4n) is 3.38. The number of imidazole rings is 1. The fraction of sp³-hybridized carbons (Fsp3) is 0.348. The molecule has 4 unspecified atom stereocenters. The van der Waals surface area contributed by atoms with Crippen LogP contribution in [0.25, 0.3) is 0 Å². The summed E-state index contributed by atoms with van der Waals surface area (Å²) in [5.41, 5.74) is 6.76. The summed E-state index contributed by atoms with van der Waals surface area (Å²) >= 11 is 0. The van der Waals surface area contributed by atoms with Crippen molar-refractivity contribution in [3.8, 4) is 5.75 Å². The molecular formula is C23H28N6O10. The highest BCUT2D eigenvalue weighted by Crippen LogP contribution is 2.12. The second kappa shape index (κ2) is 14.1. The Labute approximate surface area is 220 Å². The molecule has 0 radical (unpaired) electrons. The third-order valence-electron chi connectivity index (χ3n) is 5.35. The smallest absolute Gasteiger partial charge is 0.326 e. The van der Waals surface area contributed by atoms with Crippen LogP contribution in [-0.4, -0.2) is 90.2 Å². The van der Waals surface area contributed by atoms with Gasteiger partial charge in [-0.3, -0.25) is 24.0 Å². The molecule has 0 saturated carbocycles. The number of carboxylic acid groups (broad SMARTS) is 3. The van der Waals surface area contributed by atoms with E-state index in [0.717, 1.165) is 0 Å². The number of aromatic amines is 1. The van der Waals surface area contributed by atoms with E-state index in [0.29, 0.717) is 11.3 Å². The first kappa shape index (κ1) is 30.2. The van der Waals surface area contributed by atoms with Crippen molar-refractivity contribution in [2.75, 3.05) is 0 Å². The van der Waals surface area contributed by atoms with Crippen molar-refractivity contribution in [2.24, 2.45) is 5.73 Å². The van der Waals surface area contributed by atoms with Gasteiger partial charge in [0.1, 0.15) is 23.9 Å². The van der Waals surface area contributed by atoms with Crippen LogP contribution in [0.5, 0.6) is 5.75 Å². The van der Waals surface area contributed by atoms with Crippen LogP contribution in [-0.2, 0) is 41.6 Å². The van der Waals surface area contributed by atoms with Gasteiger partial charge in [-0.05, 0) is 17.7 Å². The van der Waals surface area contributed by atoms with E-state index < -0.39 is 72.6 Å². The maximum atomic E-state index is 13.0. The molecule has 210 valence electrons. The number of nitrogens with zero attached hydrogens (tertiary/aromatic N) is 1. The van der Waals surface area contributed by atoms with Crippen molar-refractivity contribution >= 4 is 35.6 Å². The SMILES string of the molecule is NC(Cc1cnc[nH]1)C(=O)NC(CC(=O)O)C(=O)NC(Cc1ccc(O)cc1)C(=O)NC(CC(=O)O)C(=O)O. The third kappa shape index (κ3) is 10.1. The second-order valence-corrected chi connectivity index (χ2v) is 8.48. The lowest BCUT2D eigenvalue weighted by atomic mass is 10.0. The Hall–Kier alpha value is -4.99. The predicted octanol–water partition coefficient (Wildman–Crippen LogP) is -2.28. The van der Waals surface area contributed by atoms with E-state index in [1.54, 1.807) is 0 Å². The minimum Gasteiger partial charge on any atom is -0.508 e. The lowest BCUT2D eigenvalue weighted by Crippen LogP contribution is -2.58. The Morgan fingerprint density at radius 3 is 1.87 bits per heavy atom. The number of rotatable bonds is 15. The van der Waals surface area contributed by atoms with Gasteiger partial charge in [-0.1, -0.05) is 12.1 Å². The topological polar surface area (TPSA) is 274 Å². The van der Waals surface area contributed by atoms with E-state index in [1.807, 2.05) is 5.32 Å². The number of phenols is 1. The molecule has 0 aliphatic carbocycles. The minimum absolute atomic E-state index is 0.000713. The standard InChI is InChI=1S/C23H28N6O10/c24-14(6-12-9-25-10-26-12)20(35)27-16(7-18(31)32)22(37)28-15(5-11-1-3-13(30)4-2-11)21(36)29-17(23(38)39)8-19(33)34/h1-4,9-10,14-17,30H,5-8,24H2,(H,25,26)(H,27,35)(H,28,37)(H,29,36)(H,31,32)(H,33,34)(H,38,39). The number of nitrogens with two attached hydrogens (primary N) is 1. The summed E-state index contributed by atoms with van der Waals surface area (Å²) in [5, 5.41) is 43.5. The number of hydrogen-bond acceptors (Lipinski definition) is 9. The molecule has 2 aromatic rings. The van der Waals surface area contributed by atoms with Crippen molar-refractivity contribution in [1.29, 1.82) is 0 Å². The molecule has 10 N–H and O–H groups in total. The number of nitrogens with one attached hydrogen (secondary N) is 4. The molecule has 1 heterocycles. The summed E-state index contributed by atoms with van der Waals surface area (Å²) in [6.45, 7) is 0. The highest BCUT2D eigenvalue weighted by Gasteiger charge is 2.32. The van der Waals surface area contributed by atoms with Crippen molar-refractivity contribution in [3.63, 3.8) is 0 Å². The Kier molecular flexibility index (Phi) is 10.9. The molecule has 0 fully saturated rings. The van der Waals surface area contributed by atoms with E-state index in [4.69, 9.17) is 10.8 Å². The van der Waals surface area contributed by atoms with Crippen LogP contribution < -0.4 is 21.7 Å². The molecule has 1 aromatic carbocycles. The Bertz CT molecular complexity index is 1180. The maximum Gasteiger partial charge on any atom is 0.326 e. The summed E-state index contributed by atoms with van der Waals surface area (Å²) in [7, 11) is 0. The van der Waals surface area contributed by atoms with Gasteiger partial charge in [-0.2, -0.15) is 0 Å². The Morgan fingerprint density at radius 2 is 1.33 bits per heavy atom. The molecule has 2 rings (SSSR count). The lowest BCUT2D eigenvalue weighted by molar-refractivity contribution is -0.147. The molecule has 0 aliphatic rings. The van der Waals surface area contributed by atoms with Crippen molar-refractivity contribution in [3.05, 3.63) is 48.0 Å². The molecule has 16 heteroatoms. The monoisotopic (exact) mass is 548 g/mol. The number of carboxylic acids is 3. The second-order valence-electron chi connectivity index (χ2n) is 8.48. The van der Waals surface area contributed by atoms with Crippen molar-refractivity contribution in [1.82, 2.24) is 25.9 Å². The van der Waals surface area contributed by atoms with E-state index in [-0.39, 0.29) is 18.6 Å². The Morgan fingerprint density at radius 1 is 0.795 bits per heavy atom. The van der Waals surface area contributed by atoms with Gasteiger partial charge in [0.2, 0.25) is 17.7 Å². The van der Waals surface area contributed by atoms with Crippen LogP contribution in [0.3, 0.4) is 0 Å². The van der Waals surface area contributed by atoms with Crippen LogP contribution in [0.1, 0.15) is 24.1 Å². The zero-order chi connectivity index (χ0) is 29.1. The highest BCUT2D eigenvalue weighted by molar-refractivity contribution is 5.96. The number of carbonyl (C=O) groups excluding carboxylic acids is 3. The van der Waals surface area contributed by atoms with Gasteiger partial charge in [0.05, 0.1) is 25.2 Å². The van der Waals surface area contributed by atoms with Crippen LogP contribution in [0.4, 0.5) is 0 Å². The zero-order valence-electron chi connectivity index (χ0n) is 20.4. The normalized spacial score (nSPS) is 13.8. The number of benzene rings is 1.